The molecule has 1 aliphatic heterocycles. The highest BCUT2D eigenvalue weighted by atomic mass is 16.6. The molecule has 0 radical (unpaired) electrons. The van der Waals surface area contributed by atoms with Crippen molar-refractivity contribution in [2.45, 2.75) is 39.7 Å². The van der Waals surface area contributed by atoms with E-state index in [4.69, 9.17) is 20.6 Å². The molecule has 0 saturated carbocycles. The molecule has 1 aromatic rings. The van der Waals surface area contributed by atoms with Gasteiger partial charge in [-0.25, -0.2) is 9.59 Å². The molecule has 0 fully saturated rings. The Morgan fingerprint density at radius 1 is 1.14 bits per heavy atom. The first-order valence-electron chi connectivity index (χ1n) is 9.42. The molecular formula is C23H27NO5. The predicted octanol–water partition coefficient (Wildman–Crippen LogP) is 3.04. The molecule has 6 heteroatoms. The van der Waals surface area contributed by atoms with Gasteiger partial charge >= 0.3 is 11.9 Å². The molecule has 0 aromatic heterocycles. The van der Waals surface area contributed by atoms with Crippen LogP contribution >= 0.6 is 0 Å². The van der Waals surface area contributed by atoms with E-state index in [0.717, 1.165) is 5.56 Å². The van der Waals surface area contributed by atoms with Gasteiger partial charge in [0, 0.05) is 24.1 Å². The van der Waals surface area contributed by atoms with Crippen LogP contribution in [0.15, 0.2) is 46.8 Å². The van der Waals surface area contributed by atoms with Crippen LogP contribution in [0.3, 0.4) is 0 Å². The van der Waals surface area contributed by atoms with Gasteiger partial charge in [0.2, 0.25) is 0 Å². The number of allylic oxidation sites excluding steroid dienone is 2. The summed E-state index contributed by atoms with van der Waals surface area (Å²) in [6.45, 7) is 7.50. The molecule has 1 atom stereocenters. The highest BCUT2D eigenvalue weighted by molar-refractivity contribution is 6.00. The van der Waals surface area contributed by atoms with Gasteiger partial charge in [-0.15, -0.1) is 6.42 Å². The van der Waals surface area contributed by atoms with Crippen molar-refractivity contribution in [1.29, 1.82) is 0 Å². The molecule has 1 aromatic carbocycles. The second-order valence-electron chi connectivity index (χ2n) is 6.99. The van der Waals surface area contributed by atoms with E-state index in [1.807, 2.05) is 6.07 Å². The summed E-state index contributed by atoms with van der Waals surface area (Å²) in [4.78, 5) is 25.9. The Labute approximate surface area is 171 Å². The van der Waals surface area contributed by atoms with Gasteiger partial charge in [-0.1, -0.05) is 18.1 Å². The number of carbonyl (C=O) groups is 2. The zero-order valence-electron chi connectivity index (χ0n) is 17.5. The summed E-state index contributed by atoms with van der Waals surface area (Å²) in [6, 6.07) is 7.22. The van der Waals surface area contributed by atoms with E-state index in [0.29, 0.717) is 28.1 Å². The molecule has 0 aliphatic carbocycles. The SMILES string of the molecule is C#Cc1cccc(C2C(C(=O)OCCOC)=C(C)NC(C)=C2C(=O)OC(C)C)c1. The first kappa shape index (κ1) is 22.3. The number of dihydropyridines is 1. The molecule has 1 aliphatic rings. The molecular weight excluding hydrogens is 370 g/mol. The number of benzene rings is 1. The number of hydrogen-bond donors (Lipinski definition) is 1. The fourth-order valence-electron chi connectivity index (χ4n) is 3.25. The molecule has 0 spiro atoms. The minimum Gasteiger partial charge on any atom is -0.460 e. The largest absolute Gasteiger partial charge is 0.460 e. The molecule has 6 nitrogen and oxygen atoms in total. The van der Waals surface area contributed by atoms with Crippen LogP contribution in [0.1, 0.15) is 44.7 Å². The number of nitrogens with one attached hydrogen (secondary N) is 1. The van der Waals surface area contributed by atoms with Crippen molar-refractivity contribution in [3.8, 4) is 12.3 Å². The number of terminal acetylenes is 1. The summed E-state index contributed by atoms with van der Waals surface area (Å²) in [5.41, 5.74) is 3.31. The van der Waals surface area contributed by atoms with Crippen molar-refractivity contribution in [2.24, 2.45) is 0 Å². The summed E-state index contributed by atoms with van der Waals surface area (Å²) in [5, 5.41) is 3.12. The molecule has 0 saturated heterocycles. The summed E-state index contributed by atoms with van der Waals surface area (Å²) in [7, 11) is 1.53. The number of ether oxygens (including phenoxy) is 3. The molecule has 1 heterocycles. The van der Waals surface area contributed by atoms with Crippen molar-refractivity contribution >= 4 is 11.9 Å². The number of methoxy groups -OCH3 is 1. The van der Waals surface area contributed by atoms with Crippen molar-refractivity contribution in [1.82, 2.24) is 5.32 Å². The minimum absolute atomic E-state index is 0.109. The standard InChI is InChI=1S/C23H27NO5/c1-7-17-9-8-10-18(13-17)21-19(22(25)28-12-11-27-6)15(4)24-16(5)20(21)23(26)29-14(2)3/h1,8-10,13-14,21,24H,11-12H2,2-6H3. The summed E-state index contributed by atoms with van der Waals surface area (Å²) < 4.78 is 15.8. The van der Waals surface area contributed by atoms with Gasteiger partial charge in [0.05, 0.1) is 29.8 Å². The summed E-state index contributed by atoms with van der Waals surface area (Å²) >= 11 is 0. The van der Waals surface area contributed by atoms with Crippen molar-refractivity contribution in [3.63, 3.8) is 0 Å². The van der Waals surface area contributed by atoms with Crippen LogP contribution in [-0.2, 0) is 23.8 Å². The van der Waals surface area contributed by atoms with E-state index in [-0.39, 0.29) is 19.3 Å². The minimum atomic E-state index is -0.661. The van der Waals surface area contributed by atoms with Crippen LogP contribution in [0.5, 0.6) is 0 Å². The monoisotopic (exact) mass is 397 g/mol. The van der Waals surface area contributed by atoms with Crippen LogP contribution < -0.4 is 5.32 Å². The van der Waals surface area contributed by atoms with E-state index in [2.05, 4.69) is 11.2 Å². The van der Waals surface area contributed by atoms with E-state index in [9.17, 15) is 9.59 Å². The van der Waals surface area contributed by atoms with Gasteiger partial charge in [-0.3, -0.25) is 0 Å². The van der Waals surface area contributed by atoms with Gasteiger partial charge in [-0.05, 0) is 45.4 Å². The smallest absolute Gasteiger partial charge is 0.337 e. The third kappa shape index (κ3) is 5.27. The zero-order valence-corrected chi connectivity index (χ0v) is 17.5. The Hall–Kier alpha value is -3.04. The Bertz CT molecular complexity index is 889. The average Bonchev–Trinajstić information content (AvgIpc) is 2.66. The lowest BCUT2D eigenvalue weighted by molar-refractivity contribution is -0.143. The van der Waals surface area contributed by atoms with Crippen molar-refractivity contribution < 1.29 is 23.8 Å². The van der Waals surface area contributed by atoms with Crippen LogP contribution in [0, 0.1) is 12.3 Å². The Kier molecular flexibility index (Phi) is 7.63. The molecule has 1 N–H and O–H groups in total. The van der Waals surface area contributed by atoms with Gasteiger partial charge < -0.3 is 19.5 Å². The fraction of sp³-hybridized carbons (Fsp3) is 0.391. The second kappa shape index (κ2) is 9.94. The quantitative estimate of drug-likeness (QED) is 0.433. The topological polar surface area (TPSA) is 73.9 Å². The third-order valence-electron chi connectivity index (χ3n) is 4.45. The van der Waals surface area contributed by atoms with Gasteiger partial charge in [0.15, 0.2) is 0 Å². The van der Waals surface area contributed by atoms with Gasteiger partial charge in [0.1, 0.15) is 6.61 Å². The number of esters is 2. The van der Waals surface area contributed by atoms with Crippen molar-refractivity contribution in [2.75, 3.05) is 20.3 Å². The maximum absolute atomic E-state index is 12.9. The van der Waals surface area contributed by atoms with Crippen LogP contribution in [0.2, 0.25) is 0 Å². The highest BCUT2D eigenvalue weighted by Crippen LogP contribution is 2.39. The fourth-order valence-corrected chi connectivity index (χ4v) is 3.25. The van der Waals surface area contributed by atoms with E-state index >= 15 is 0 Å². The Balaban J connectivity index is 2.58. The molecule has 2 rings (SSSR count). The maximum atomic E-state index is 12.9. The van der Waals surface area contributed by atoms with E-state index < -0.39 is 17.9 Å². The number of rotatable bonds is 7. The summed E-state index contributed by atoms with van der Waals surface area (Å²) in [6.07, 6.45) is 5.25. The van der Waals surface area contributed by atoms with Gasteiger partial charge in [-0.2, -0.15) is 0 Å². The van der Waals surface area contributed by atoms with Crippen LogP contribution in [0.25, 0.3) is 0 Å². The number of hydrogen-bond acceptors (Lipinski definition) is 6. The van der Waals surface area contributed by atoms with Crippen molar-refractivity contribution in [3.05, 3.63) is 57.9 Å². The first-order valence-corrected chi connectivity index (χ1v) is 9.42. The molecule has 0 amide bonds. The predicted molar refractivity (Wildman–Crippen MR) is 110 cm³/mol. The highest BCUT2D eigenvalue weighted by Gasteiger charge is 2.38. The lowest BCUT2D eigenvalue weighted by Crippen LogP contribution is -2.33. The lowest BCUT2D eigenvalue weighted by Gasteiger charge is -2.31. The average molecular weight is 397 g/mol. The molecule has 29 heavy (non-hydrogen) atoms. The molecule has 1 unspecified atom stereocenters. The van der Waals surface area contributed by atoms with Crippen LogP contribution in [0.4, 0.5) is 0 Å². The summed E-state index contributed by atoms with van der Waals surface area (Å²) in [5.74, 6) is 0.921. The van der Waals surface area contributed by atoms with Gasteiger partial charge in [0.25, 0.3) is 0 Å². The lowest BCUT2D eigenvalue weighted by atomic mass is 9.80. The number of carbonyl (C=O) groups excluding carboxylic acids is 2. The second-order valence-corrected chi connectivity index (χ2v) is 6.99. The maximum Gasteiger partial charge on any atom is 0.337 e. The Morgan fingerprint density at radius 3 is 2.38 bits per heavy atom. The molecule has 0 bridgehead atoms. The first-order chi connectivity index (χ1) is 13.8. The Morgan fingerprint density at radius 2 is 1.79 bits per heavy atom. The normalized spacial score (nSPS) is 16.4. The van der Waals surface area contributed by atoms with Crippen LogP contribution in [-0.4, -0.2) is 38.4 Å². The van der Waals surface area contributed by atoms with E-state index in [1.165, 1.54) is 7.11 Å². The molecule has 154 valence electrons. The zero-order chi connectivity index (χ0) is 21.6. The van der Waals surface area contributed by atoms with E-state index in [1.54, 1.807) is 45.9 Å². The third-order valence-corrected chi connectivity index (χ3v) is 4.45.